The summed E-state index contributed by atoms with van der Waals surface area (Å²) in [6.07, 6.45) is 2.55. The number of hydrogen-bond acceptors (Lipinski definition) is 4. The third kappa shape index (κ3) is 3.66. The molecule has 2 aliphatic rings. The number of carbonyl (C=O) groups is 2. The molecule has 0 radical (unpaired) electrons. The minimum atomic E-state index is -1.09. The van der Waals surface area contributed by atoms with Gasteiger partial charge in [-0.25, -0.2) is 9.69 Å². The van der Waals surface area contributed by atoms with E-state index in [4.69, 9.17) is 0 Å². The number of nitrogens with zero attached hydrogens (tertiary/aromatic N) is 2. The number of rotatable bonds is 6. The Morgan fingerprint density at radius 3 is 2.42 bits per heavy atom. The van der Waals surface area contributed by atoms with Crippen molar-refractivity contribution in [2.75, 3.05) is 13.2 Å². The minimum Gasteiger partial charge on any atom is -0.319 e. The van der Waals surface area contributed by atoms with Gasteiger partial charge in [-0.05, 0) is 35.4 Å². The number of nitrogens with one attached hydrogen (secondary N) is 1. The average Bonchev–Trinajstić information content (AvgIpc) is 3.53. The Hall–Kier alpha value is -2.96. The molecule has 1 aromatic heterocycles. The van der Waals surface area contributed by atoms with Crippen LogP contribution in [0.25, 0.3) is 0 Å². The third-order valence-corrected chi connectivity index (χ3v) is 7.29. The fraction of sp³-hybridized carbons (Fsp3) is 0.280. The molecule has 3 amide bonds. The lowest BCUT2D eigenvalue weighted by Crippen LogP contribution is -2.47. The van der Waals surface area contributed by atoms with Crippen LogP contribution in [0.3, 0.4) is 0 Å². The number of benzene rings is 2. The second-order valence-electron chi connectivity index (χ2n) is 8.22. The zero-order valence-electron chi connectivity index (χ0n) is 17.2. The normalized spacial score (nSPS) is 24.0. The maximum atomic E-state index is 13.8. The first kappa shape index (κ1) is 20.0. The van der Waals surface area contributed by atoms with Crippen LogP contribution in [0, 0.1) is 0 Å². The predicted molar refractivity (Wildman–Crippen MR) is 122 cm³/mol. The van der Waals surface area contributed by atoms with E-state index in [1.165, 1.54) is 9.78 Å². The summed E-state index contributed by atoms with van der Waals surface area (Å²) >= 11 is 1.74. The standard InChI is InChI=1S/C25H25N3O2S/c29-23-25(20-11-5-2-6-12-20,17-19-9-3-1-4-10-19)26-24(30)28(23)18-27-15-7-13-21(27)22-14-8-16-31-22/h1-6,8-12,14,16,21H,7,13,15,17-18H2,(H,26,30)/t21-,25+/m1/s1. The summed E-state index contributed by atoms with van der Waals surface area (Å²) in [4.78, 5) is 31.9. The van der Waals surface area contributed by atoms with Gasteiger partial charge in [0.15, 0.2) is 5.54 Å². The number of thiophene rings is 1. The largest absolute Gasteiger partial charge is 0.326 e. The Bertz CT molecular complexity index is 1050. The van der Waals surface area contributed by atoms with E-state index < -0.39 is 5.54 Å². The molecule has 0 unspecified atom stereocenters. The monoisotopic (exact) mass is 431 g/mol. The van der Waals surface area contributed by atoms with Crippen LogP contribution in [0.2, 0.25) is 0 Å². The summed E-state index contributed by atoms with van der Waals surface area (Å²) in [6, 6.07) is 23.6. The second-order valence-corrected chi connectivity index (χ2v) is 9.20. The van der Waals surface area contributed by atoms with E-state index in [0.29, 0.717) is 13.1 Å². The first-order valence-corrected chi connectivity index (χ1v) is 11.6. The SMILES string of the molecule is O=C1N[C@@](Cc2ccccc2)(c2ccccc2)C(=O)N1CN1CCC[C@@H]1c1cccs1. The Kier molecular flexibility index (Phi) is 5.34. The molecular formula is C25H25N3O2S. The highest BCUT2D eigenvalue weighted by molar-refractivity contribution is 7.10. The summed E-state index contributed by atoms with van der Waals surface area (Å²) in [6.45, 7) is 1.20. The molecule has 3 heterocycles. The minimum absolute atomic E-state index is 0.176. The smallest absolute Gasteiger partial charge is 0.319 e. The van der Waals surface area contributed by atoms with Gasteiger partial charge in [0.2, 0.25) is 0 Å². The molecule has 2 aromatic carbocycles. The quantitative estimate of drug-likeness (QED) is 0.584. The zero-order valence-corrected chi connectivity index (χ0v) is 18.1. The topological polar surface area (TPSA) is 52.7 Å². The van der Waals surface area contributed by atoms with Gasteiger partial charge in [0.1, 0.15) is 0 Å². The number of hydrogen-bond donors (Lipinski definition) is 1. The Morgan fingerprint density at radius 2 is 1.71 bits per heavy atom. The molecule has 5 nitrogen and oxygen atoms in total. The molecule has 0 bridgehead atoms. The van der Waals surface area contributed by atoms with Gasteiger partial charge >= 0.3 is 6.03 Å². The van der Waals surface area contributed by atoms with Crippen LogP contribution in [0.4, 0.5) is 4.79 Å². The van der Waals surface area contributed by atoms with Gasteiger partial charge in [0, 0.05) is 23.9 Å². The lowest BCUT2D eigenvalue weighted by atomic mass is 9.83. The molecule has 2 atom stereocenters. The van der Waals surface area contributed by atoms with Crippen molar-refractivity contribution in [2.24, 2.45) is 0 Å². The Labute approximate surface area is 186 Å². The predicted octanol–water partition coefficient (Wildman–Crippen LogP) is 4.53. The summed E-state index contributed by atoms with van der Waals surface area (Å²) in [5.41, 5.74) is 0.744. The van der Waals surface area contributed by atoms with Crippen molar-refractivity contribution in [3.05, 3.63) is 94.2 Å². The molecule has 2 aliphatic heterocycles. The highest BCUT2D eigenvalue weighted by atomic mass is 32.1. The zero-order chi connectivity index (χ0) is 21.3. The summed E-state index contributed by atoms with van der Waals surface area (Å²) in [7, 11) is 0. The van der Waals surface area contributed by atoms with Crippen LogP contribution in [0.1, 0.15) is 34.9 Å². The summed E-state index contributed by atoms with van der Waals surface area (Å²) in [5.74, 6) is -0.176. The fourth-order valence-corrected chi connectivity index (χ4v) is 5.67. The van der Waals surface area contributed by atoms with Crippen molar-refractivity contribution >= 4 is 23.3 Å². The van der Waals surface area contributed by atoms with Gasteiger partial charge in [0.05, 0.1) is 6.67 Å². The first-order chi connectivity index (χ1) is 15.2. The lowest BCUT2D eigenvalue weighted by molar-refractivity contribution is -0.133. The van der Waals surface area contributed by atoms with Crippen molar-refractivity contribution < 1.29 is 9.59 Å². The van der Waals surface area contributed by atoms with E-state index in [-0.39, 0.29) is 18.0 Å². The van der Waals surface area contributed by atoms with Gasteiger partial charge in [0.25, 0.3) is 5.91 Å². The van der Waals surface area contributed by atoms with Gasteiger partial charge < -0.3 is 5.32 Å². The van der Waals surface area contributed by atoms with E-state index in [1.54, 1.807) is 11.3 Å². The van der Waals surface area contributed by atoms with Crippen molar-refractivity contribution in [2.45, 2.75) is 30.8 Å². The molecule has 0 spiro atoms. The van der Waals surface area contributed by atoms with Crippen molar-refractivity contribution in [3.8, 4) is 0 Å². The van der Waals surface area contributed by atoms with Gasteiger partial charge in [-0.3, -0.25) is 9.69 Å². The second kappa shape index (κ2) is 8.29. The van der Waals surface area contributed by atoms with E-state index in [9.17, 15) is 9.59 Å². The molecule has 0 aliphatic carbocycles. The number of imide groups is 1. The van der Waals surface area contributed by atoms with Crippen LogP contribution >= 0.6 is 11.3 Å². The Morgan fingerprint density at radius 1 is 0.968 bits per heavy atom. The molecule has 2 saturated heterocycles. The molecule has 158 valence electrons. The van der Waals surface area contributed by atoms with Crippen molar-refractivity contribution in [1.82, 2.24) is 15.1 Å². The highest BCUT2D eigenvalue weighted by Gasteiger charge is 2.53. The maximum absolute atomic E-state index is 13.8. The number of carbonyl (C=O) groups excluding carboxylic acids is 2. The fourth-order valence-electron chi connectivity index (χ4n) is 4.78. The molecule has 6 heteroatoms. The maximum Gasteiger partial charge on any atom is 0.326 e. The molecular weight excluding hydrogens is 406 g/mol. The molecule has 31 heavy (non-hydrogen) atoms. The molecule has 3 aromatic rings. The van der Waals surface area contributed by atoms with Crippen LogP contribution in [0.5, 0.6) is 0 Å². The molecule has 5 rings (SSSR count). The first-order valence-electron chi connectivity index (χ1n) is 10.7. The van der Waals surface area contributed by atoms with Gasteiger partial charge in [-0.2, -0.15) is 0 Å². The number of amides is 3. The number of likely N-dealkylation sites (tertiary alicyclic amines) is 1. The Balaban J connectivity index is 1.45. The molecule has 1 N–H and O–H groups in total. The van der Waals surface area contributed by atoms with Gasteiger partial charge in [-0.1, -0.05) is 66.7 Å². The van der Waals surface area contributed by atoms with E-state index in [1.807, 2.05) is 60.7 Å². The average molecular weight is 432 g/mol. The van der Waals surface area contributed by atoms with Crippen LogP contribution < -0.4 is 5.32 Å². The van der Waals surface area contributed by atoms with Crippen molar-refractivity contribution in [3.63, 3.8) is 0 Å². The van der Waals surface area contributed by atoms with E-state index >= 15 is 0 Å². The van der Waals surface area contributed by atoms with Gasteiger partial charge in [-0.15, -0.1) is 11.3 Å². The van der Waals surface area contributed by atoms with E-state index in [0.717, 1.165) is 30.5 Å². The van der Waals surface area contributed by atoms with Crippen LogP contribution in [-0.4, -0.2) is 35.0 Å². The third-order valence-electron chi connectivity index (χ3n) is 6.31. The molecule has 2 fully saturated rings. The van der Waals surface area contributed by atoms with E-state index in [2.05, 4.69) is 27.7 Å². The van der Waals surface area contributed by atoms with Crippen molar-refractivity contribution in [1.29, 1.82) is 0 Å². The van der Waals surface area contributed by atoms with Crippen LogP contribution in [-0.2, 0) is 16.8 Å². The molecule has 0 saturated carbocycles. The van der Waals surface area contributed by atoms with Crippen LogP contribution in [0.15, 0.2) is 78.2 Å². The lowest BCUT2D eigenvalue weighted by Gasteiger charge is -2.30. The summed E-state index contributed by atoms with van der Waals surface area (Å²) in [5, 5.41) is 5.15. The highest BCUT2D eigenvalue weighted by Crippen LogP contribution is 2.37. The number of urea groups is 1. The summed E-state index contributed by atoms with van der Waals surface area (Å²) < 4.78 is 0.